The Labute approximate surface area is 151 Å². The van der Waals surface area contributed by atoms with E-state index in [1.165, 1.54) is 6.39 Å². The van der Waals surface area contributed by atoms with Crippen molar-refractivity contribution in [2.24, 2.45) is 0 Å². The van der Waals surface area contributed by atoms with Gasteiger partial charge in [-0.25, -0.2) is 9.97 Å². The lowest BCUT2D eigenvalue weighted by molar-refractivity contribution is 0.0575. The van der Waals surface area contributed by atoms with Crippen molar-refractivity contribution >= 4 is 5.91 Å². The Morgan fingerprint density at radius 2 is 2.15 bits per heavy atom. The molecule has 2 aromatic heterocycles. The van der Waals surface area contributed by atoms with Crippen molar-refractivity contribution in [1.82, 2.24) is 19.4 Å². The number of aryl methyl sites for hydroxylation is 2. The van der Waals surface area contributed by atoms with E-state index >= 15 is 0 Å². The summed E-state index contributed by atoms with van der Waals surface area (Å²) in [5, 5.41) is 0. The maximum Gasteiger partial charge on any atom is 0.277 e. The molecule has 7 heteroatoms. The van der Waals surface area contributed by atoms with E-state index in [1.807, 2.05) is 37.4 Å². The van der Waals surface area contributed by atoms with E-state index in [2.05, 4.69) is 14.5 Å². The summed E-state index contributed by atoms with van der Waals surface area (Å²) in [6.07, 6.45) is 3.14. The molecule has 0 aliphatic carbocycles. The minimum absolute atomic E-state index is 0.144. The van der Waals surface area contributed by atoms with E-state index in [1.54, 1.807) is 18.9 Å². The second kappa shape index (κ2) is 6.33. The monoisotopic (exact) mass is 352 g/mol. The van der Waals surface area contributed by atoms with Crippen LogP contribution in [0.1, 0.15) is 39.4 Å². The van der Waals surface area contributed by atoms with E-state index in [0.29, 0.717) is 24.5 Å². The summed E-state index contributed by atoms with van der Waals surface area (Å²) in [7, 11) is 1.64. The van der Waals surface area contributed by atoms with Crippen LogP contribution in [0, 0.1) is 13.8 Å². The third-order valence-corrected chi connectivity index (χ3v) is 4.87. The first-order chi connectivity index (χ1) is 12.6. The van der Waals surface area contributed by atoms with Gasteiger partial charge in [0.1, 0.15) is 17.3 Å². The molecule has 0 bridgehead atoms. The van der Waals surface area contributed by atoms with Crippen LogP contribution >= 0.6 is 0 Å². The zero-order valence-electron chi connectivity index (χ0n) is 15.0. The highest BCUT2D eigenvalue weighted by Crippen LogP contribution is 2.33. The Hall–Kier alpha value is -3.09. The fourth-order valence-corrected chi connectivity index (χ4v) is 3.41. The zero-order valence-corrected chi connectivity index (χ0v) is 15.0. The lowest BCUT2D eigenvalue weighted by atomic mass is 10.0. The van der Waals surface area contributed by atoms with Gasteiger partial charge in [0.15, 0.2) is 12.1 Å². The van der Waals surface area contributed by atoms with Crippen LogP contribution in [-0.4, -0.2) is 32.5 Å². The highest BCUT2D eigenvalue weighted by molar-refractivity contribution is 5.93. The van der Waals surface area contributed by atoms with E-state index in [9.17, 15) is 4.79 Å². The number of nitrogens with zero attached hydrogens (tertiary/aromatic N) is 4. The summed E-state index contributed by atoms with van der Waals surface area (Å²) in [5.41, 5.74) is 2.44. The molecule has 1 aliphatic rings. The van der Waals surface area contributed by atoms with Gasteiger partial charge in [0, 0.05) is 18.4 Å². The number of carbonyl (C=O) groups excluding carboxylic acids is 1. The molecule has 134 valence electrons. The average molecular weight is 352 g/mol. The summed E-state index contributed by atoms with van der Waals surface area (Å²) in [4.78, 5) is 23.5. The fourth-order valence-electron chi connectivity index (χ4n) is 3.41. The summed E-state index contributed by atoms with van der Waals surface area (Å²) >= 11 is 0. The molecule has 3 aromatic rings. The average Bonchev–Trinajstić information content (AvgIpc) is 3.26. The van der Waals surface area contributed by atoms with Crippen molar-refractivity contribution in [3.05, 3.63) is 65.4 Å². The topological polar surface area (TPSA) is 73.4 Å². The van der Waals surface area contributed by atoms with Crippen molar-refractivity contribution in [2.45, 2.75) is 33.0 Å². The number of benzene rings is 1. The Morgan fingerprint density at radius 3 is 2.88 bits per heavy atom. The maximum absolute atomic E-state index is 13.2. The standard InChI is InChI=1S/C19H20N4O3/c1-12-8-20-17-10-23(19(24)18-13(2)26-11-21-18)16(9-22(12)17)14-5-4-6-15(7-14)25-3/h4-8,11,16H,9-10H2,1-3H3/t16-/m1/s1. The molecular weight excluding hydrogens is 332 g/mol. The molecule has 1 atom stereocenters. The molecule has 0 unspecified atom stereocenters. The second-order valence-corrected chi connectivity index (χ2v) is 6.41. The minimum atomic E-state index is -0.157. The highest BCUT2D eigenvalue weighted by atomic mass is 16.5. The first kappa shape index (κ1) is 16.4. The lowest BCUT2D eigenvalue weighted by Gasteiger charge is -2.36. The van der Waals surface area contributed by atoms with Crippen molar-refractivity contribution in [2.75, 3.05) is 7.11 Å². The number of aromatic nitrogens is 3. The van der Waals surface area contributed by atoms with Crippen LogP contribution in [0.5, 0.6) is 5.75 Å². The molecule has 1 amide bonds. The first-order valence-corrected chi connectivity index (χ1v) is 8.44. The molecule has 0 radical (unpaired) electrons. The third-order valence-electron chi connectivity index (χ3n) is 4.87. The predicted molar refractivity (Wildman–Crippen MR) is 93.8 cm³/mol. The van der Waals surface area contributed by atoms with Gasteiger partial charge in [-0.3, -0.25) is 4.79 Å². The number of rotatable bonds is 3. The molecule has 0 N–H and O–H groups in total. The number of hydrogen-bond donors (Lipinski definition) is 0. The molecule has 0 saturated carbocycles. The predicted octanol–water partition coefficient (Wildman–Crippen LogP) is 2.89. The molecule has 0 spiro atoms. The first-order valence-electron chi connectivity index (χ1n) is 8.44. The number of methoxy groups -OCH3 is 1. The number of hydrogen-bond acceptors (Lipinski definition) is 5. The summed E-state index contributed by atoms with van der Waals surface area (Å²) in [6.45, 7) is 4.83. The van der Waals surface area contributed by atoms with Crippen LogP contribution in [0.3, 0.4) is 0 Å². The largest absolute Gasteiger partial charge is 0.497 e. The van der Waals surface area contributed by atoms with Gasteiger partial charge in [0.05, 0.1) is 19.7 Å². The molecular formula is C19H20N4O3. The third kappa shape index (κ3) is 2.65. The van der Waals surface area contributed by atoms with Gasteiger partial charge in [-0.2, -0.15) is 0 Å². The van der Waals surface area contributed by atoms with Gasteiger partial charge < -0.3 is 18.6 Å². The number of oxazole rings is 1. The van der Waals surface area contributed by atoms with E-state index in [4.69, 9.17) is 9.15 Å². The van der Waals surface area contributed by atoms with E-state index in [0.717, 1.165) is 22.8 Å². The van der Waals surface area contributed by atoms with Crippen LogP contribution in [0.25, 0.3) is 0 Å². The Bertz CT molecular complexity index is 959. The zero-order chi connectivity index (χ0) is 18.3. The minimum Gasteiger partial charge on any atom is -0.497 e. The maximum atomic E-state index is 13.2. The van der Waals surface area contributed by atoms with Gasteiger partial charge in [0.25, 0.3) is 5.91 Å². The highest BCUT2D eigenvalue weighted by Gasteiger charge is 2.34. The summed E-state index contributed by atoms with van der Waals surface area (Å²) in [5.74, 6) is 2.00. The van der Waals surface area contributed by atoms with Gasteiger partial charge >= 0.3 is 0 Å². The van der Waals surface area contributed by atoms with Crippen molar-refractivity contribution in [3.8, 4) is 5.75 Å². The molecule has 26 heavy (non-hydrogen) atoms. The molecule has 3 heterocycles. The Balaban J connectivity index is 1.78. The van der Waals surface area contributed by atoms with Crippen molar-refractivity contribution in [3.63, 3.8) is 0 Å². The Kier molecular flexibility index (Phi) is 3.99. The van der Waals surface area contributed by atoms with Crippen LogP contribution in [0.15, 0.2) is 41.3 Å². The molecule has 1 aliphatic heterocycles. The van der Waals surface area contributed by atoms with E-state index in [-0.39, 0.29) is 11.9 Å². The fraction of sp³-hybridized carbons (Fsp3) is 0.316. The van der Waals surface area contributed by atoms with E-state index < -0.39 is 0 Å². The quantitative estimate of drug-likeness (QED) is 0.725. The molecule has 7 nitrogen and oxygen atoms in total. The Morgan fingerprint density at radius 1 is 1.31 bits per heavy atom. The van der Waals surface area contributed by atoms with Gasteiger partial charge in [0.2, 0.25) is 0 Å². The summed E-state index contributed by atoms with van der Waals surface area (Å²) < 4.78 is 12.7. The molecule has 0 fully saturated rings. The number of amides is 1. The van der Waals surface area contributed by atoms with Gasteiger partial charge in [-0.05, 0) is 31.5 Å². The smallest absolute Gasteiger partial charge is 0.277 e. The second-order valence-electron chi connectivity index (χ2n) is 6.41. The van der Waals surface area contributed by atoms with Crippen molar-refractivity contribution < 1.29 is 13.9 Å². The molecule has 4 rings (SSSR count). The SMILES string of the molecule is COc1cccc([C@H]2Cn3c(C)cnc3CN2C(=O)c2ncoc2C)c1. The molecule has 1 aromatic carbocycles. The van der Waals surface area contributed by atoms with Crippen LogP contribution in [-0.2, 0) is 13.1 Å². The normalized spacial score (nSPS) is 16.4. The van der Waals surface area contributed by atoms with Crippen LogP contribution < -0.4 is 4.74 Å². The molecule has 0 saturated heterocycles. The summed E-state index contributed by atoms with van der Waals surface area (Å²) in [6, 6.07) is 7.68. The number of ether oxygens (including phenoxy) is 1. The number of carbonyl (C=O) groups is 1. The van der Waals surface area contributed by atoms with Gasteiger partial charge in [-0.1, -0.05) is 12.1 Å². The number of fused-ring (bicyclic) bond motifs is 1. The van der Waals surface area contributed by atoms with Crippen LogP contribution in [0.2, 0.25) is 0 Å². The van der Waals surface area contributed by atoms with Gasteiger partial charge in [-0.15, -0.1) is 0 Å². The number of imidazole rings is 1. The van der Waals surface area contributed by atoms with Crippen LogP contribution in [0.4, 0.5) is 0 Å². The van der Waals surface area contributed by atoms with Crippen molar-refractivity contribution in [1.29, 1.82) is 0 Å². The lowest BCUT2D eigenvalue weighted by Crippen LogP contribution is -2.41.